The van der Waals surface area contributed by atoms with Gasteiger partial charge in [-0.3, -0.25) is 9.48 Å². The van der Waals surface area contributed by atoms with Crippen molar-refractivity contribution in [2.75, 3.05) is 11.6 Å². The molecule has 0 bridgehead atoms. The molecule has 2 heterocycles. The number of nitrogens with one attached hydrogen (secondary N) is 1. The molecule has 25 heavy (non-hydrogen) atoms. The average Bonchev–Trinajstić information content (AvgIpc) is 2.87. The van der Waals surface area contributed by atoms with E-state index in [1.165, 1.54) is 11.8 Å². The molecule has 0 aliphatic heterocycles. The SMILES string of the molecule is CSc1nc(C)c(CCC(=O)Nc2cc(C(C)(C)C)nn2C)c(C)n1. The first-order valence-electron chi connectivity index (χ1n) is 8.34. The zero-order valence-electron chi connectivity index (χ0n) is 16.1. The summed E-state index contributed by atoms with van der Waals surface area (Å²) in [5.41, 5.74) is 3.84. The molecular formula is C18H27N5OS. The van der Waals surface area contributed by atoms with Crippen LogP contribution in [0, 0.1) is 13.8 Å². The predicted octanol–water partition coefficient (Wildman–Crippen LogP) is 3.42. The Hall–Kier alpha value is -1.89. The molecule has 6 nitrogen and oxygen atoms in total. The highest BCUT2D eigenvalue weighted by Crippen LogP contribution is 2.23. The third-order valence-electron chi connectivity index (χ3n) is 4.10. The molecule has 1 N–H and O–H groups in total. The summed E-state index contributed by atoms with van der Waals surface area (Å²) in [5, 5.41) is 8.20. The van der Waals surface area contributed by atoms with Gasteiger partial charge in [-0.1, -0.05) is 32.5 Å². The van der Waals surface area contributed by atoms with Crippen LogP contribution in [0.1, 0.15) is 49.8 Å². The molecule has 0 aliphatic carbocycles. The number of carbonyl (C=O) groups is 1. The number of aryl methyl sites for hydroxylation is 3. The quantitative estimate of drug-likeness (QED) is 0.652. The van der Waals surface area contributed by atoms with Crippen LogP contribution in [0.4, 0.5) is 5.82 Å². The summed E-state index contributed by atoms with van der Waals surface area (Å²) in [6.45, 7) is 10.2. The number of aromatic nitrogens is 4. The van der Waals surface area contributed by atoms with E-state index < -0.39 is 0 Å². The second-order valence-corrected chi connectivity index (χ2v) is 7.97. The van der Waals surface area contributed by atoms with Crippen molar-refractivity contribution in [1.82, 2.24) is 19.7 Å². The van der Waals surface area contributed by atoms with E-state index in [0.717, 1.165) is 33.6 Å². The molecule has 0 saturated carbocycles. The molecule has 0 radical (unpaired) electrons. The number of rotatable bonds is 5. The molecule has 0 spiro atoms. The maximum Gasteiger partial charge on any atom is 0.225 e. The Kier molecular flexibility index (Phi) is 5.87. The molecule has 1 amide bonds. The van der Waals surface area contributed by atoms with Gasteiger partial charge in [-0.2, -0.15) is 5.10 Å². The Bertz CT molecular complexity index is 753. The maximum absolute atomic E-state index is 12.3. The van der Waals surface area contributed by atoms with Crippen molar-refractivity contribution >= 4 is 23.5 Å². The number of anilines is 1. The largest absolute Gasteiger partial charge is 0.311 e. The Balaban J connectivity index is 2.04. The lowest BCUT2D eigenvalue weighted by molar-refractivity contribution is -0.116. The molecule has 0 aliphatic rings. The third-order valence-corrected chi connectivity index (χ3v) is 4.65. The fraction of sp³-hybridized carbons (Fsp3) is 0.556. The molecule has 2 rings (SSSR count). The van der Waals surface area contributed by atoms with Gasteiger partial charge in [0.2, 0.25) is 5.91 Å². The highest BCUT2D eigenvalue weighted by atomic mass is 32.2. The number of amides is 1. The first-order valence-corrected chi connectivity index (χ1v) is 9.56. The molecule has 0 unspecified atom stereocenters. The number of hydrogen-bond acceptors (Lipinski definition) is 5. The van der Waals surface area contributed by atoms with Crippen LogP contribution in [0.5, 0.6) is 0 Å². The van der Waals surface area contributed by atoms with E-state index in [1.54, 1.807) is 4.68 Å². The van der Waals surface area contributed by atoms with E-state index >= 15 is 0 Å². The van der Waals surface area contributed by atoms with Gasteiger partial charge in [-0.05, 0) is 32.1 Å². The molecule has 136 valence electrons. The van der Waals surface area contributed by atoms with Crippen LogP contribution in [0.2, 0.25) is 0 Å². The number of hydrogen-bond donors (Lipinski definition) is 1. The molecule has 2 aromatic rings. The second kappa shape index (κ2) is 7.56. The van der Waals surface area contributed by atoms with Gasteiger partial charge in [-0.25, -0.2) is 9.97 Å². The Morgan fingerprint density at radius 1 is 1.24 bits per heavy atom. The van der Waals surface area contributed by atoms with Crippen LogP contribution in [0.3, 0.4) is 0 Å². The fourth-order valence-electron chi connectivity index (χ4n) is 2.56. The Labute approximate surface area is 153 Å². The first kappa shape index (κ1) is 19.4. The Morgan fingerprint density at radius 2 is 1.84 bits per heavy atom. The van der Waals surface area contributed by atoms with Gasteiger partial charge in [0.1, 0.15) is 5.82 Å². The smallest absolute Gasteiger partial charge is 0.225 e. The lowest BCUT2D eigenvalue weighted by atomic mass is 9.92. The average molecular weight is 362 g/mol. The second-order valence-electron chi connectivity index (χ2n) is 7.20. The normalized spacial score (nSPS) is 11.6. The molecule has 0 saturated heterocycles. The highest BCUT2D eigenvalue weighted by molar-refractivity contribution is 7.98. The summed E-state index contributed by atoms with van der Waals surface area (Å²) in [4.78, 5) is 21.3. The van der Waals surface area contributed by atoms with Crippen molar-refractivity contribution in [3.63, 3.8) is 0 Å². The van der Waals surface area contributed by atoms with Gasteiger partial charge in [0.05, 0.1) is 5.69 Å². The lowest BCUT2D eigenvalue weighted by Gasteiger charge is -2.13. The molecule has 0 aromatic carbocycles. The van der Waals surface area contributed by atoms with E-state index in [9.17, 15) is 4.79 Å². The number of nitrogens with zero attached hydrogens (tertiary/aromatic N) is 4. The first-order chi connectivity index (χ1) is 11.6. The van der Waals surface area contributed by atoms with Crippen molar-refractivity contribution in [2.24, 2.45) is 7.05 Å². The topological polar surface area (TPSA) is 72.7 Å². The minimum Gasteiger partial charge on any atom is -0.311 e. The monoisotopic (exact) mass is 361 g/mol. The van der Waals surface area contributed by atoms with Crippen molar-refractivity contribution < 1.29 is 4.79 Å². The number of thioether (sulfide) groups is 1. The van der Waals surface area contributed by atoms with Crippen molar-refractivity contribution in [3.8, 4) is 0 Å². The highest BCUT2D eigenvalue weighted by Gasteiger charge is 2.20. The van der Waals surface area contributed by atoms with Gasteiger partial charge >= 0.3 is 0 Å². The minimum absolute atomic E-state index is 0.0313. The third kappa shape index (κ3) is 4.81. The summed E-state index contributed by atoms with van der Waals surface area (Å²) in [6.07, 6.45) is 2.98. The van der Waals surface area contributed by atoms with Crippen molar-refractivity contribution in [3.05, 3.63) is 28.7 Å². The minimum atomic E-state index is -0.0503. The molecule has 7 heteroatoms. The molecule has 0 atom stereocenters. The zero-order valence-corrected chi connectivity index (χ0v) is 16.9. The molecule has 2 aromatic heterocycles. The standard InChI is InChI=1S/C18H27N5OS/c1-11-13(12(2)20-17(19-11)25-7)8-9-16(24)21-15-10-14(18(3,4)5)22-23(15)6/h10H,8-9H2,1-7H3,(H,21,24). The Morgan fingerprint density at radius 3 is 2.32 bits per heavy atom. The predicted molar refractivity (Wildman–Crippen MR) is 102 cm³/mol. The van der Waals surface area contributed by atoms with E-state index in [-0.39, 0.29) is 11.3 Å². The van der Waals surface area contributed by atoms with Crippen molar-refractivity contribution in [2.45, 2.75) is 58.0 Å². The molecular weight excluding hydrogens is 334 g/mol. The van der Waals surface area contributed by atoms with Gasteiger partial charge in [0.25, 0.3) is 0 Å². The van der Waals surface area contributed by atoms with Crippen LogP contribution in [-0.4, -0.2) is 31.9 Å². The van der Waals surface area contributed by atoms with Crippen LogP contribution < -0.4 is 5.32 Å². The van der Waals surface area contributed by atoms with Gasteiger partial charge in [0, 0.05) is 36.3 Å². The van der Waals surface area contributed by atoms with Crippen LogP contribution in [0.15, 0.2) is 11.2 Å². The summed E-state index contributed by atoms with van der Waals surface area (Å²) in [7, 11) is 1.84. The van der Waals surface area contributed by atoms with E-state index in [4.69, 9.17) is 0 Å². The molecule has 0 fully saturated rings. The van der Waals surface area contributed by atoms with Gasteiger partial charge < -0.3 is 5.32 Å². The van der Waals surface area contributed by atoms with E-state index in [0.29, 0.717) is 12.8 Å². The number of carbonyl (C=O) groups excluding carboxylic acids is 1. The summed E-state index contributed by atoms with van der Waals surface area (Å²) in [5.74, 6) is 0.688. The van der Waals surface area contributed by atoms with Crippen LogP contribution in [-0.2, 0) is 23.7 Å². The van der Waals surface area contributed by atoms with Gasteiger partial charge in [-0.15, -0.1) is 0 Å². The zero-order chi connectivity index (χ0) is 18.8. The summed E-state index contributed by atoms with van der Waals surface area (Å²) in [6, 6.07) is 1.94. The maximum atomic E-state index is 12.3. The van der Waals surface area contributed by atoms with E-state index in [2.05, 4.69) is 41.2 Å². The van der Waals surface area contributed by atoms with Gasteiger partial charge in [0.15, 0.2) is 5.16 Å². The van der Waals surface area contributed by atoms with Crippen LogP contribution >= 0.6 is 11.8 Å². The van der Waals surface area contributed by atoms with Crippen LogP contribution in [0.25, 0.3) is 0 Å². The summed E-state index contributed by atoms with van der Waals surface area (Å²) >= 11 is 1.53. The van der Waals surface area contributed by atoms with E-state index in [1.807, 2.05) is 33.2 Å². The lowest BCUT2D eigenvalue weighted by Crippen LogP contribution is -2.15. The fourth-order valence-corrected chi connectivity index (χ4v) is 3.01. The van der Waals surface area contributed by atoms with Crippen molar-refractivity contribution in [1.29, 1.82) is 0 Å². The summed E-state index contributed by atoms with van der Waals surface area (Å²) < 4.78 is 1.71.